The average molecular weight is 1860 g/mol. The molecule has 720 valence electrons. The van der Waals surface area contributed by atoms with E-state index in [4.69, 9.17) is 17.2 Å². The van der Waals surface area contributed by atoms with Crippen LogP contribution >= 0.6 is 11.8 Å². The van der Waals surface area contributed by atoms with Gasteiger partial charge in [-0.1, -0.05) is 113 Å². The average Bonchev–Trinajstić information content (AvgIpc) is 1.46. The zero-order chi connectivity index (χ0) is 96.5. The number of primary amides is 2. The van der Waals surface area contributed by atoms with Crippen LogP contribution in [0, 0.1) is 17.7 Å². The number of phenolic OH excluding ortho intramolecular Hbond substituents is 2. The van der Waals surface area contributed by atoms with Crippen LogP contribution in [0.1, 0.15) is 183 Å². The molecule has 0 aromatic heterocycles. The minimum absolute atomic E-state index is 0.00760. The first kappa shape index (κ1) is 105. The number of thioether (sulfide) groups is 1. The van der Waals surface area contributed by atoms with Crippen LogP contribution in [0.15, 0.2) is 97.1 Å². The highest BCUT2D eigenvalue weighted by atomic mass is 32.2. The van der Waals surface area contributed by atoms with Crippen LogP contribution in [-0.2, 0) is 109 Å². The van der Waals surface area contributed by atoms with Crippen molar-refractivity contribution < 1.29 is 106 Å². The highest BCUT2D eigenvalue weighted by molar-refractivity contribution is 8.00. The Morgan fingerprint density at radius 1 is 0.530 bits per heavy atom. The summed E-state index contributed by atoms with van der Waals surface area (Å²) < 4.78 is 14.7. The number of phenols is 2. The molecule has 2 aliphatic carbocycles. The van der Waals surface area contributed by atoms with E-state index >= 15 is 52.7 Å². The van der Waals surface area contributed by atoms with Gasteiger partial charge in [0.2, 0.25) is 82.7 Å². The number of halogens is 1. The Balaban J connectivity index is 1.25. The zero-order valence-corrected chi connectivity index (χ0v) is 76.1. The van der Waals surface area contributed by atoms with E-state index in [1.807, 2.05) is 31.2 Å². The molecule has 40 heteroatoms. The van der Waals surface area contributed by atoms with E-state index in [0.29, 0.717) is 61.6 Å². The monoisotopic (exact) mass is 1860 g/mol. The molecule has 2 saturated heterocycles. The minimum Gasteiger partial charge on any atom is -0.508 e. The smallest absolute Gasteiger partial charge is 0.312 e. The van der Waals surface area contributed by atoms with Crippen LogP contribution in [0.4, 0.5) is 9.18 Å². The Hall–Kier alpha value is -12.5. The molecule has 0 bridgehead atoms. The van der Waals surface area contributed by atoms with Crippen molar-refractivity contribution in [2.45, 2.75) is 266 Å². The fraction of sp³-hybridized carbons (Fsp3) is 0.554. The van der Waals surface area contributed by atoms with Gasteiger partial charge in [-0.15, -0.1) is 11.8 Å². The first-order chi connectivity index (χ1) is 62.8. The van der Waals surface area contributed by atoms with Gasteiger partial charge in [0, 0.05) is 65.0 Å². The summed E-state index contributed by atoms with van der Waals surface area (Å²) in [5, 5.41) is 70.3. The molecule has 21 N–H and O–H groups in total. The first-order valence-electron chi connectivity index (χ1n) is 45.1. The fourth-order valence-corrected chi connectivity index (χ4v) is 17.9. The Morgan fingerprint density at radius 3 is 1.58 bits per heavy atom. The highest BCUT2D eigenvalue weighted by Crippen LogP contribution is 2.32. The van der Waals surface area contributed by atoms with Crippen molar-refractivity contribution in [1.82, 2.24) is 73.2 Å². The van der Waals surface area contributed by atoms with Gasteiger partial charge >= 0.3 is 18.0 Å². The Kier molecular flexibility index (Phi) is 40.8. The molecule has 132 heavy (non-hydrogen) atoms. The van der Waals surface area contributed by atoms with Gasteiger partial charge in [-0.3, -0.25) is 76.7 Å². The third-order valence-corrected chi connectivity index (χ3v) is 25.5. The van der Waals surface area contributed by atoms with Crippen molar-refractivity contribution in [2.24, 2.45) is 29.0 Å². The number of nitrogens with one attached hydrogen (secondary N) is 11. The predicted molar refractivity (Wildman–Crippen MR) is 484 cm³/mol. The van der Waals surface area contributed by atoms with Crippen molar-refractivity contribution in [1.29, 1.82) is 0 Å². The fourth-order valence-electron chi connectivity index (χ4n) is 16.9. The van der Waals surface area contributed by atoms with Gasteiger partial charge in [0.05, 0.1) is 5.75 Å². The number of rotatable bonds is 30. The third-order valence-electron chi connectivity index (χ3n) is 24.4. The van der Waals surface area contributed by atoms with E-state index in [0.717, 1.165) is 64.1 Å². The molecule has 38 nitrogen and oxygen atoms in total. The molecule has 4 aromatic carbocycles. The molecule has 2 heterocycles. The van der Waals surface area contributed by atoms with Gasteiger partial charge < -0.3 is 111 Å². The predicted octanol–water partition coefficient (Wildman–Crippen LogP) is 1.67. The summed E-state index contributed by atoms with van der Waals surface area (Å²) in [6, 6.07) is 3.96. The van der Waals surface area contributed by atoms with Gasteiger partial charge in [0.1, 0.15) is 95.4 Å². The number of aliphatic carboxylic acids is 2. The highest BCUT2D eigenvalue weighted by Gasteiger charge is 2.45. The number of urea groups is 1. The third kappa shape index (κ3) is 32.5. The van der Waals surface area contributed by atoms with E-state index in [2.05, 4.69) is 58.5 Å². The number of aromatic hydroxyl groups is 2. The zero-order valence-electron chi connectivity index (χ0n) is 75.3. The van der Waals surface area contributed by atoms with Crippen LogP contribution in [0.3, 0.4) is 0 Å². The number of hydrogen-bond donors (Lipinski definition) is 18. The lowest BCUT2D eigenvalue weighted by molar-refractivity contribution is -0.149. The summed E-state index contributed by atoms with van der Waals surface area (Å²) in [6.07, 6.45) is 1.79. The maximum absolute atomic E-state index is 15.7. The van der Waals surface area contributed by atoms with Crippen molar-refractivity contribution in [3.63, 3.8) is 0 Å². The van der Waals surface area contributed by atoms with Gasteiger partial charge in [-0.05, 0) is 186 Å². The molecular weight excluding hydrogens is 1730 g/mol. The number of nitrogens with two attached hydrogens (primary N) is 3. The molecule has 1 saturated carbocycles. The number of carboxylic acids is 2. The second-order valence-electron chi connectivity index (χ2n) is 35.0. The standard InChI is InChI=1S/C92H128FN17O21S/c1-6-7-23-72-87(127)107-92(2,3)90(130)106-69(50-57-44-58-19-11-12-20-59(58)45-57)84(124)104-70(49-54-25-31-60(93)32-26-54)88(128)110-43-16-24-73(110)86(126)103-68(48-56-29-35-62(112)36-30-56)82(122)102-67(47-55-27-33-61(111)34-28-55)81(121)100-65(22-15-42-97-91(96)131)79(119)99-64(21-13-14-41-94)80(120)101-66(46-53-17-9-8-10-18-53)83(123)105-71(85(125)98-63(78(95)118)37-39-76(114)115)51-132-52-75(113)108(4)74(38-40-77(116)117)89(129)109(72)5/h11-12,19-20,25-36,53,57,63-74,111-112H,6-10,13-18,21-24,37-52,94H2,1-5H3,(H2,95,118)(H,98,125)(H,99,119)(H,100,121)(H,101,120)(H,102,122)(H,103,126)(H,104,124)(H,105,123)(H,106,130)(H,107,127)(H,114,115)(H,116,117)(H3,96,97,131)/t63-,64-,65+,66+,67+,68+,69+,70+,71+,72+,73+,74+/m1/s1. The molecule has 4 aromatic rings. The lowest BCUT2D eigenvalue weighted by Crippen LogP contribution is -2.63. The molecule has 12 atom stereocenters. The summed E-state index contributed by atoms with van der Waals surface area (Å²) in [7, 11) is 2.47. The van der Waals surface area contributed by atoms with Gasteiger partial charge in [0.25, 0.3) is 0 Å². The van der Waals surface area contributed by atoms with Crippen LogP contribution in [0.25, 0.3) is 0 Å². The van der Waals surface area contributed by atoms with E-state index in [1.54, 1.807) is 0 Å². The van der Waals surface area contributed by atoms with E-state index in [-0.39, 0.29) is 120 Å². The molecule has 0 unspecified atom stereocenters. The van der Waals surface area contributed by atoms with Crippen LogP contribution in [0.2, 0.25) is 0 Å². The summed E-state index contributed by atoms with van der Waals surface area (Å²) in [5.74, 6) is -18.8. The summed E-state index contributed by atoms with van der Waals surface area (Å²) in [4.78, 5) is 251. The maximum atomic E-state index is 15.7. The summed E-state index contributed by atoms with van der Waals surface area (Å²) in [5.41, 5.74) is 18.2. The van der Waals surface area contributed by atoms with E-state index in [9.17, 15) is 53.6 Å². The summed E-state index contributed by atoms with van der Waals surface area (Å²) >= 11 is 0.718. The Bertz CT molecular complexity index is 4670. The molecule has 16 amide bonds. The number of nitrogens with zero attached hydrogens (tertiary/aromatic N) is 3. The maximum Gasteiger partial charge on any atom is 0.312 e. The van der Waals surface area contributed by atoms with E-state index < -0.39 is 222 Å². The molecular formula is C92H128FN17O21S. The lowest BCUT2D eigenvalue weighted by atomic mass is 9.84. The number of benzene rings is 4. The Morgan fingerprint density at radius 2 is 1.03 bits per heavy atom. The molecule has 2 aliphatic heterocycles. The number of carbonyl (C=O) groups is 17. The van der Waals surface area contributed by atoms with E-state index in [1.165, 1.54) is 93.5 Å². The second kappa shape index (κ2) is 51.4. The van der Waals surface area contributed by atoms with Crippen molar-refractivity contribution in [2.75, 3.05) is 45.2 Å². The number of hydrogen-bond acceptors (Lipinski definition) is 21. The van der Waals surface area contributed by atoms with Crippen LogP contribution < -0.4 is 75.7 Å². The molecule has 3 fully saturated rings. The quantitative estimate of drug-likeness (QED) is 0.0330. The Labute approximate surface area is 770 Å². The molecule has 0 spiro atoms. The lowest BCUT2D eigenvalue weighted by Gasteiger charge is -2.36. The number of likely N-dealkylation sites (N-methyl/N-ethyl adjacent to an activating group) is 2. The molecule has 0 radical (unpaired) electrons. The number of amides is 16. The number of carboxylic acid groups (broad SMARTS) is 2. The number of fused-ring (bicyclic) bond motifs is 2. The van der Waals surface area contributed by atoms with Crippen molar-refractivity contribution >= 4 is 112 Å². The minimum atomic E-state index is -1.95. The number of unbranched alkanes of at least 4 members (excludes halogenated alkanes) is 2. The van der Waals surface area contributed by atoms with Gasteiger partial charge in [-0.25, -0.2) is 9.18 Å². The topological polar surface area (TPSA) is 591 Å². The van der Waals surface area contributed by atoms with Crippen LogP contribution in [-0.4, -0.2) is 259 Å². The van der Waals surface area contributed by atoms with Crippen LogP contribution in [0.5, 0.6) is 11.5 Å². The molecule has 8 rings (SSSR count). The first-order valence-corrected chi connectivity index (χ1v) is 46.3. The largest absolute Gasteiger partial charge is 0.508 e. The summed E-state index contributed by atoms with van der Waals surface area (Å²) in [6.45, 7) is 4.38. The molecule has 4 aliphatic rings. The number of carbonyl (C=O) groups excluding carboxylic acids is 15. The van der Waals surface area contributed by atoms with Gasteiger partial charge in [-0.2, -0.15) is 0 Å². The second-order valence-corrected chi connectivity index (χ2v) is 36.1. The SMILES string of the molecule is CCCC[C@H]1C(=O)NC(C)(C)C(=O)N[C@@H](CC2Cc3ccccc3C2)C(=O)N[C@@H](Cc2ccc(F)cc2)C(=O)N2CCC[C@H]2C(=O)N[C@@H](Cc2ccc(O)cc2)C(=O)N[C@@H](Cc2ccc(O)cc2)C(=O)N[C@@H](CCCNC(N)=O)C(=O)N[C@H](CCCCN)C(=O)N[C@@H](CC2CCCCC2)C(=O)N[C@H](C(=O)N[C@H](CCC(=O)O)C(N)=O)CSCC(=O)N(C)[C@@H](CCC(=O)O)C(=O)N1C. The van der Waals surface area contributed by atoms with Crippen molar-refractivity contribution in [3.8, 4) is 11.5 Å². The van der Waals surface area contributed by atoms with Crippen molar-refractivity contribution in [3.05, 3.63) is 131 Å². The van der Waals surface area contributed by atoms with Gasteiger partial charge in [0.15, 0.2) is 0 Å². The normalized spacial score (nSPS) is 23.6.